The Bertz CT molecular complexity index is 222. The van der Waals surface area contributed by atoms with Crippen LogP contribution in [0.3, 0.4) is 0 Å². The van der Waals surface area contributed by atoms with Gasteiger partial charge in [-0.05, 0) is 44.1 Å². The minimum Gasteiger partial charge on any atom is -0.354 e. The van der Waals surface area contributed by atoms with Gasteiger partial charge in [0, 0.05) is 6.54 Å². The molecular formula is C14H28N2O. The molecule has 1 unspecified atom stereocenters. The molecule has 0 bridgehead atoms. The fourth-order valence-corrected chi connectivity index (χ4v) is 2.60. The van der Waals surface area contributed by atoms with E-state index in [2.05, 4.69) is 31.4 Å². The molecule has 0 aromatic carbocycles. The van der Waals surface area contributed by atoms with Crippen LogP contribution in [0.2, 0.25) is 0 Å². The van der Waals surface area contributed by atoms with Gasteiger partial charge in [0.2, 0.25) is 5.91 Å². The molecule has 1 aliphatic heterocycles. The highest BCUT2D eigenvalue weighted by molar-refractivity contribution is 5.81. The molecule has 0 aliphatic carbocycles. The van der Waals surface area contributed by atoms with Crippen LogP contribution in [0.25, 0.3) is 0 Å². The lowest BCUT2D eigenvalue weighted by Gasteiger charge is -2.32. The van der Waals surface area contributed by atoms with Gasteiger partial charge in [0.25, 0.3) is 0 Å². The molecule has 1 rings (SSSR count). The van der Waals surface area contributed by atoms with Gasteiger partial charge in [-0.25, -0.2) is 0 Å². The van der Waals surface area contributed by atoms with Crippen molar-refractivity contribution >= 4 is 5.91 Å². The first kappa shape index (κ1) is 14.5. The lowest BCUT2D eigenvalue weighted by Crippen LogP contribution is -2.49. The third-order valence-corrected chi connectivity index (χ3v) is 4.51. The fraction of sp³-hybridized carbons (Fsp3) is 0.929. The van der Waals surface area contributed by atoms with Crippen molar-refractivity contribution in [3.05, 3.63) is 0 Å². The molecule has 2 N–H and O–H groups in total. The van der Waals surface area contributed by atoms with Crippen molar-refractivity contribution in [1.29, 1.82) is 0 Å². The molecule has 0 spiro atoms. The van der Waals surface area contributed by atoms with Gasteiger partial charge in [0.1, 0.15) is 0 Å². The van der Waals surface area contributed by atoms with Crippen LogP contribution in [0.4, 0.5) is 0 Å². The van der Waals surface area contributed by atoms with Gasteiger partial charge < -0.3 is 10.6 Å². The maximum absolute atomic E-state index is 12.0. The van der Waals surface area contributed by atoms with Gasteiger partial charge in [-0.3, -0.25) is 4.79 Å². The number of amides is 1. The van der Waals surface area contributed by atoms with Gasteiger partial charge in [-0.15, -0.1) is 0 Å². The summed E-state index contributed by atoms with van der Waals surface area (Å²) in [5.74, 6) is 0.199. The molecule has 1 saturated heterocycles. The quantitative estimate of drug-likeness (QED) is 0.749. The van der Waals surface area contributed by atoms with E-state index in [1.807, 2.05) is 0 Å². The number of piperidine rings is 1. The lowest BCUT2D eigenvalue weighted by atomic mass is 9.80. The number of carbonyl (C=O) groups is 1. The van der Waals surface area contributed by atoms with E-state index >= 15 is 0 Å². The van der Waals surface area contributed by atoms with Crippen LogP contribution in [0.5, 0.6) is 0 Å². The van der Waals surface area contributed by atoms with Gasteiger partial charge in [-0.2, -0.15) is 0 Å². The summed E-state index contributed by atoms with van der Waals surface area (Å²) in [6, 6.07) is 0.0482. The summed E-state index contributed by atoms with van der Waals surface area (Å²) in [5, 5.41) is 6.44. The summed E-state index contributed by atoms with van der Waals surface area (Å²) >= 11 is 0. The van der Waals surface area contributed by atoms with Crippen LogP contribution in [0.1, 0.15) is 59.3 Å². The first-order valence-electron chi connectivity index (χ1n) is 7.18. The second-order valence-corrected chi connectivity index (χ2v) is 5.28. The number of hydrogen-bond donors (Lipinski definition) is 2. The summed E-state index contributed by atoms with van der Waals surface area (Å²) in [4.78, 5) is 12.0. The topological polar surface area (TPSA) is 41.1 Å². The smallest absolute Gasteiger partial charge is 0.237 e. The summed E-state index contributed by atoms with van der Waals surface area (Å²) in [6.07, 6.45) is 6.77. The molecule has 1 fully saturated rings. The molecule has 0 saturated carbocycles. The molecule has 1 atom stereocenters. The van der Waals surface area contributed by atoms with E-state index < -0.39 is 0 Å². The number of rotatable bonds is 6. The van der Waals surface area contributed by atoms with Crippen LogP contribution in [-0.4, -0.2) is 25.0 Å². The zero-order valence-corrected chi connectivity index (χ0v) is 11.6. The van der Waals surface area contributed by atoms with E-state index in [1.165, 1.54) is 12.8 Å². The fourth-order valence-electron chi connectivity index (χ4n) is 2.60. The average molecular weight is 240 g/mol. The Morgan fingerprint density at radius 3 is 2.35 bits per heavy atom. The molecule has 1 heterocycles. The van der Waals surface area contributed by atoms with Crippen molar-refractivity contribution in [3.8, 4) is 0 Å². The number of hydrogen-bond acceptors (Lipinski definition) is 2. The Kier molecular flexibility index (Phi) is 5.96. The van der Waals surface area contributed by atoms with Crippen LogP contribution < -0.4 is 10.6 Å². The Labute approximate surface area is 106 Å². The van der Waals surface area contributed by atoms with Gasteiger partial charge in [-0.1, -0.05) is 27.2 Å². The standard InChI is InChI=1S/C14H28N2O/c1-4-14(5-2,6-3)11-16-13(17)12-9-7-8-10-15-12/h12,15H,4-11H2,1-3H3,(H,16,17). The van der Waals surface area contributed by atoms with E-state index in [9.17, 15) is 4.79 Å². The molecule has 1 aliphatic rings. The SMILES string of the molecule is CCC(CC)(CC)CNC(=O)C1CCCCN1. The maximum Gasteiger partial charge on any atom is 0.237 e. The summed E-state index contributed by atoms with van der Waals surface area (Å²) in [6.45, 7) is 8.47. The van der Waals surface area contributed by atoms with E-state index in [1.54, 1.807) is 0 Å². The Hall–Kier alpha value is -0.570. The van der Waals surface area contributed by atoms with Crippen molar-refractivity contribution in [1.82, 2.24) is 10.6 Å². The summed E-state index contributed by atoms with van der Waals surface area (Å²) in [5.41, 5.74) is 0.296. The molecule has 0 radical (unpaired) electrons. The molecule has 0 aromatic heterocycles. The molecule has 3 heteroatoms. The van der Waals surface area contributed by atoms with Crippen molar-refractivity contribution in [2.75, 3.05) is 13.1 Å². The highest BCUT2D eigenvalue weighted by atomic mass is 16.2. The van der Waals surface area contributed by atoms with E-state index in [-0.39, 0.29) is 11.9 Å². The minimum atomic E-state index is 0.0482. The second-order valence-electron chi connectivity index (χ2n) is 5.28. The van der Waals surface area contributed by atoms with Crippen LogP contribution in [0, 0.1) is 5.41 Å². The first-order chi connectivity index (χ1) is 8.17. The molecule has 17 heavy (non-hydrogen) atoms. The van der Waals surface area contributed by atoms with Crippen LogP contribution >= 0.6 is 0 Å². The normalized spacial score (nSPS) is 21.2. The van der Waals surface area contributed by atoms with E-state index in [4.69, 9.17) is 0 Å². The Balaban J connectivity index is 2.40. The Morgan fingerprint density at radius 1 is 1.24 bits per heavy atom. The predicted molar refractivity (Wildman–Crippen MR) is 72.0 cm³/mol. The molecule has 0 aromatic rings. The van der Waals surface area contributed by atoms with Gasteiger partial charge in [0.05, 0.1) is 6.04 Å². The van der Waals surface area contributed by atoms with Crippen molar-refractivity contribution in [3.63, 3.8) is 0 Å². The van der Waals surface area contributed by atoms with Gasteiger partial charge in [0.15, 0.2) is 0 Å². The van der Waals surface area contributed by atoms with Crippen molar-refractivity contribution < 1.29 is 4.79 Å². The molecule has 100 valence electrons. The van der Waals surface area contributed by atoms with Crippen LogP contribution in [-0.2, 0) is 4.79 Å². The van der Waals surface area contributed by atoms with Crippen molar-refractivity contribution in [2.45, 2.75) is 65.3 Å². The van der Waals surface area contributed by atoms with E-state index in [0.29, 0.717) is 5.41 Å². The average Bonchev–Trinajstić information content (AvgIpc) is 2.41. The zero-order valence-electron chi connectivity index (χ0n) is 11.6. The monoisotopic (exact) mass is 240 g/mol. The van der Waals surface area contributed by atoms with Crippen LogP contribution in [0.15, 0.2) is 0 Å². The van der Waals surface area contributed by atoms with Gasteiger partial charge >= 0.3 is 0 Å². The highest BCUT2D eigenvalue weighted by Gasteiger charge is 2.26. The minimum absolute atomic E-state index is 0.0482. The summed E-state index contributed by atoms with van der Waals surface area (Å²) in [7, 11) is 0. The summed E-state index contributed by atoms with van der Waals surface area (Å²) < 4.78 is 0. The number of nitrogens with one attached hydrogen (secondary N) is 2. The third-order valence-electron chi connectivity index (χ3n) is 4.51. The largest absolute Gasteiger partial charge is 0.354 e. The Morgan fingerprint density at radius 2 is 1.88 bits per heavy atom. The highest BCUT2D eigenvalue weighted by Crippen LogP contribution is 2.29. The third kappa shape index (κ3) is 3.98. The first-order valence-corrected chi connectivity index (χ1v) is 7.18. The number of carbonyl (C=O) groups excluding carboxylic acids is 1. The molecule has 1 amide bonds. The molecular weight excluding hydrogens is 212 g/mol. The second kappa shape index (κ2) is 7.00. The maximum atomic E-state index is 12.0. The molecule has 3 nitrogen and oxygen atoms in total. The zero-order chi connectivity index (χ0) is 12.7. The van der Waals surface area contributed by atoms with Crippen molar-refractivity contribution in [2.24, 2.45) is 5.41 Å². The lowest BCUT2D eigenvalue weighted by molar-refractivity contribution is -0.124. The predicted octanol–water partition coefficient (Wildman–Crippen LogP) is 2.46. The van der Waals surface area contributed by atoms with E-state index in [0.717, 1.165) is 38.8 Å².